The molecule has 1 aromatic heterocycles. The number of pyridine rings is 1. The second-order valence-corrected chi connectivity index (χ2v) is 12.3. The Labute approximate surface area is 278 Å². The fraction of sp³-hybridized carbons (Fsp3) is 0.139. The summed E-state index contributed by atoms with van der Waals surface area (Å²) in [5.74, 6) is -0.476. The number of carbonyl (C=O) groups excluding carboxylic acids is 2. The standard InChI is InChI=1S/C36H33FN4O6S/c1-46-31-15-9-26(10-16-31)24-41(35(28-7-3-2-4-8-28)36(43)39-23-27-6-5-21-38-22-27)34(42)25-47-32-17-19-33(20-18-32)48(44,45)40-30-13-11-29(37)12-14-30/h2-22,35,40H,23-25H2,1H3,(H,39,43). The maximum Gasteiger partial charge on any atom is 0.261 e. The molecule has 0 aliphatic carbocycles. The first-order valence-electron chi connectivity index (χ1n) is 14.9. The van der Waals surface area contributed by atoms with Crippen molar-refractivity contribution in [3.63, 3.8) is 0 Å². The van der Waals surface area contributed by atoms with E-state index in [0.717, 1.165) is 23.3 Å². The highest BCUT2D eigenvalue weighted by Gasteiger charge is 2.32. The molecule has 0 bridgehead atoms. The van der Waals surface area contributed by atoms with E-state index in [4.69, 9.17) is 9.47 Å². The van der Waals surface area contributed by atoms with Crippen LogP contribution in [0.15, 0.2) is 133 Å². The Morgan fingerprint density at radius 2 is 1.52 bits per heavy atom. The lowest BCUT2D eigenvalue weighted by Crippen LogP contribution is -2.45. The number of hydrogen-bond donors (Lipinski definition) is 2. The largest absolute Gasteiger partial charge is 0.497 e. The summed E-state index contributed by atoms with van der Waals surface area (Å²) in [6, 6.07) is 29.2. The lowest BCUT2D eigenvalue weighted by Gasteiger charge is -2.31. The average molecular weight is 669 g/mol. The summed E-state index contributed by atoms with van der Waals surface area (Å²) in [4.78, 5) is 33.3. The van der Waals surface area contributed by atoms with Crippen LogP contribution in [0.25, 0.3) is 0 Å². The second kappa shape index (κ2) is 15.7. The predicted octanol–water partition coefficient (Wildman–Crippen LogP) is 5.50. The zero-order valence-corrected chi connectivity index (χ0v) is 26.8. The minimum absolute atomic E-state index is 0.0546. The third-order valence-electron chi connectivity index (χ3n) is 7.29. The third-order valence-corrected chi connectivity index (χ3v) is 8.69. The molecule has 1 heterocycles. The van der Waals surface area contributed by atoms with Crippen molar-refractivity contribution in [3.05, 3.63) is 150 Å². The molecule has 4 aromatic carbocycles. The summed E-state index contributed by atoms with van der Waals surface area (Å²) in [5, 5.41) is 2.94. The fourth-order valence-corrected chi connectivity index (χ4v) is 5.88. The summed E-state index contributed by atoms with van der Waals surface area (Å²) in [6.07, 6.45) is 3.30. The number of rotatable bonds is 14. The summed E-state index contributed by atoms with van der Waals surface area (Å²) in [7, 11) is -2.41. The van der Waals surface area contributed by atoms with Gasteiger partial charge in [-0.1, -0.05) is 48.5 Å². The van der Waals surface area contributed by atoms with Crippen molar-refractivity contribution >= 4 is 27.5 Å². The molecule has 1 unspecified atom stereocenters. The molecule has 0 saturated heterocycles. The van der Waals surface area contributed by atoms with Gasteiger partial charge >= 0.3 is 0 Å². The molecular weight excluding hydrogens is 635 g/mol. The molecule has 48 heavy (non-hydrogen) atoms. The maximum atomic E-state index is 13.9. The van der Waals surface area contributed by atoms with Crippen LogP contribution in [0.4, 0.5) is 10.1 Å². The van der Waals surface area contributed by atoms with Gasteiger partial charge in [-0.05, 0) is 83.4 Å². The van der Waals surface area contributed by atoms with Crippen LogP contribution in [0.1, 0.15) is 22.7 Å². The topological polar surface area (TPSA) is 127 Å². The van der Waals surface area contributed by atoms with Gasteiger partial charge in [0.1, 0.15) is 23.4 Å². The van der Waals surface area contributed by atoms with Gasteiger partial charge in [0.25, 0.3) is 15.9 Å². The number of halogens is 1. The number of amides is 2. The minimum atomic E-state index is -3.96. The second-order valence-electron chi connectivity index (χ2n) is 10.6. The van der Waals surface area contributed by atoms with E-state index in [2.05, 4.69) is 15.0 Å². The summed E-state index contributed by atoms with van der Waals surface area (Å²) >= 11 is 0. The van der Waals surface area contributed by atoms with E-state index in [1.807, 2.05) is 24.3 Å². The first kappa shape index (κ1) is 33.6. The number of methoxy groups -OCH3 is 1. The minimum Gasteiger partial charge on any atom is -0.497 e. The van der Waals surface area contributed by atoms with E-state index in [1.54, 1.807) is 62.0 Å². The first-order valence-corrected chi connectivity index (χ1v) is 16.4. The summed E-state index contributed by atoms with van der Waals surface area (Å²) < 4.78 is 52.4. The highest BCUT2D eigenvalue weighted by molar-refractivity contribution is 7.92. The SMILES string of the molecule is COc1ccc(CN(C(=O)COc2ccc(S(=O)(=O)Nc3ccc(F)cc3)cc2)C(C(=O)NCc2cccnc2)c2ccccc2)cc1. The smallest absolute Gasteiger partial charge is 0.261 e. The van der Waals surface area contributed by atoms with Gasteiger partial charge in [-0.25, -0.2) is 12.8 Å². The Kier molecular flexibility index (Phi) is 11.0. The van der Waals surface area contributed by atoms with E-state index < -0.39 is 40.3 Å². The Bertz CT molecular complexity index is 1910. The van der Waals surface area contributed by atoms with Crippen molar-refractivity contribution in [1.29, 1.82) is 0 Å². The number of nitrogens with zero attached hydrogens (tertiary/aromatic N) is 2. The van der Waals surface area contributed by atoms with Crippen LogP contribution < -0.4 is 19.5 Å². The molecule has 0 aliphatic heterocycles. The highest BCUT2D eigenvalue weighted by atomic mass is 32.2. The normalized spacial score (nSPS) is 11.6. The van der Waals surface area contributed by atoms with Crippen LogP contribution in [0.5, 0.6) is 11.5 Å². The molecule has 0 aliphatic rings. The molecular formula is C36H33FN4O6S. The van der Waals surface area contributed by atoms with Crippen molar-refractivity contribution in [2.24, 2.45) is 0 Å². The van der Waals surface area contributed by atoms with Crippen molar-refractivity contribution in [2.45, 2.75) is 24.0 Å². The Morgan fingerprint density at radius 3 is 2.17 bits per heavy atom. The number of nitrogens with one attached hydrogen (secondary N) is 2. The van der Waals surface area contributed by atoms with Crippen molar-refractivity contribution in [3.8, 4) is 11.5 Å². The summed E-state index contributed by atoms with van der Waals surface area (Å²) in [6.45, 7) is -0.143. The van der Waals surface area contributed by atoms with Crippen molar-refractivity contribution in [1.82, 2.24) is 15.2 Å². The number of aromatic nitrogens is 1. The molecule has 5 aromatic rings. The fourth-order valence-electron chi connectivity index (χ4n) is 4.82. The monoisotopic (exact) mass is 668 g/mol. The van der Waals surface area contributed by atoms with Crippen LogP contribution in [0.3, 0.4) is 0 Å². The van der Waals surface area contributed by atoms with Gasteiger partial charge in [-0.3, -0.25) is 19.3 Å². The zero-order chi connectivity index (χ0) is 33.9. The Morgan fingerprint density at radius 1 is 0.833 bits per heavy atom. The van der Waals surface area contributed by atoms with Gasteiger partial charge in [0.15, 0.2) is 6.61 Å². The van der Waals surface area contributed by atoms with Gasteiger partial charge in [-0.2, -0.15) is 0 Å². The van der Waals surface area contributed by atoms with Gasteiger partial charge < -0.3 is 19.7 Å². The lowest BCUT2D eigenvalue weighted by atomic mass is 10.0. The maximum absolute atomic E-state index is 13.9. The molecule has 2 N–H and O–H groups in total. The van der Waals surface area contributed by atoms with Crippen LogP contribution in [-0.4, -0.2) is 43.8 Å². The molecule has 0 fully saturated rings. The molecule has 246 valence electrons. The van der Waals surface area contributed by atoms with E-state index in [0.29, 0.717) is 11.3 Å². The summed E-state index contributed by atoms with van der Waals surface area (Å²) in [5.41, 5.74) is 2.36. The van der Waals surface area contributed by atoms with Crippen molar-refractivity contribution in [2.75, 3.05) is 18.4 Å². The average Bonchev–Trinajstić information content (AvgIpc) is 3.11. The number of benzene rings is 4. The molecule has 2 amide bonds. The molecule has 5 rings (SSSR count). The van der Waals surface area contributed by atoms with Crippen LogP contribution >= 0.6 is 0 Å². The van der Waals surface area contributed by atoms with E-state index in [9.17, 15) is 22.4 Å². The zero-order valence-electron chi connectivity index (χ0n) is 26.0. The van der Waals surface area contributed by atoms with Crippen molar-refractivity contribution < 1.29 is 31.9 Å². The van der Waals surface area contributed by atoms with Crippen LogP contribution in [-0.2, 0) is 32.7 Å². The third kappa shape index (κ3) is 8.95. The molecule has 12 heteroatoms. The van der Waals surface area contributed by atoms with Crippen LogP contribution in [0.2, 0.25) is 0 Å². The van der Waals surface area contributed by atoms with Gasteiger partial charge in [-0.15, -0.1) is 0 Å². The molecule has 0 radical (unpaired) electrons. The van der Waals surface area contributed by atoms with E-state index in [-0.39, 0.29) is 29.4 Å². The Balaban J connectivity index is 1.36. The van der Waals surface area contributed by atoms with Gasteiger partial charge in [0.05, 0.1) is 12.0 Å². The number of anilines is 1. The molecule has 0 spiro atoms. The lowest BCUT2D eigenvalue weighted by molar-refractivity contribution is -0.143. The number of ether oxygens (including phenoxy) is 2. The van der Waals surface area contributed by atoms with Gasteiger partial charge in [0, 0.05) is 31.2 Å². The van der Waals surface area contributed by atoms with E-state index in [1.165, 1.54) is 41.3 Å². The van der Waals surface area contributed by atoms with E-state index >= 15 is 0 Å². The van der Waals surface area contributed by atoms with Gasteiger partial charge in [0.2, 0.25) is 5.91 Å². The predicted molar refractivity (Wildman–Crippen MR) is 178 cm³/mol. The first-order chi connectivity index (χ1) is 23.2. The molecule has 1 atom stereocenters. The highest BCUT2D eigenvalue weighted by Crippen LogP contribution is 2.26. The van der Waals surface area contributed by atoms with Crippen LogP contribution in [0, 0.1) is 5.82 Å². The number of sulfonamides is 1. The quantitative estimate of drug-likeness (QED) is 0.160. The molecule has 0 saturated carbocycles. The number of hydrogen-bond acceptors (Lipinski definition) is 7. The number of carbonyl (C=O) groups is 2. The molecule has 10 nitrogen and oxygen atoms in total. The Hall–Kier alpha value is -5.75.